The summed E-state index contributed by atoms with van der Waals surface area (Å²) in [6.45, 7) is 3.31. The molecule has 5 nitrogen and oxygen atoms in total. The van der Waals surface area contributed by atoms with Gasteiger partial charge in [0.05, 0.1) is 10.4 Å². The Morgan fingerprint density at radius 3 is 2.32 bits per heavy atom. The maximum Gasteiger partial charge on any atom is 0.244 e. The van der Waals surface area contributed by atoms with Gasteiger partial charge >= 0.3 is 0 Å². The summed E-state index contributed by atoms with van der Waals surface area (Å²) >= 11 is 4.94. The Hall–Kier alpha value is -1.17. The molecule has 0 spiro atoms. The van der Waals surface area contributed by atoms with Gasteiger partial charge in [-0.1, -0.05) is 12.2 Å². The van der Waals surface area contributed by atoms with Gasteiger partial charge in [-0.05, 0) is 39.0 Å². The Morgan fingerprint density at radius 2 is 1.84 bits per heavy atom. The zero-order valence-corrected chi connectivity index (χ0v) is 12.1. The van der Waals surface area contributed by atoms with Crippen LogP contribution in [0.2, 0.25) is 0 Å². The molecule has 1 heterocycles. The van der Waals surface area contributed by atoms with E-state index in [4.69, 9.17) is 18.0 Å². The molecule has 1 saturated heterocycles. The van der Waals surface area contributed by atoms with Crippen LogP contribution < -0.4 is 11.1 Å². The molecule has 2 fully saturated rings. The number of thiocarbonyl (C=S) groups is 1. The van der Waals surface area contributed by atoms with E-state index in [1.165, 1.54) is 6.42 Å². The summed E-state index contributed by atoms with van der Waals surface area (Å²) in [5.74, 6) is -0.204. The monoisotopic (exact) mass is 283 g/mol. The summed E-state index contributed by atoms with van der Waals surface area (Å²) in [5.41, 5.74) is 4.91. The first-order valence-corrected chi connectivity index (χ1v) is 7.28. The van der Waals surface area contributed by atoms with E-state index in [0.717, 1.165) is 25.9 Å². The largest absolute Gasteiger partial charge is 0.392 e. The topological polar surface area (TPSA) is 75.4 Å². The molecule has 0 aromatic rings. The van der Waals surface area contributed by atoms with Crippen LogP contribution in [0, 0.1) is 5.41 Å². The van der Waals surface area contributed by atoms with Crippen molar-refractivity contribution in [2.75, 3.05) is 13.1 Å². The average molecular weight is 283 g/mol. The van der Waals surface area contributed by atoms with E-state index in [0.29, 0.717) is 12.8 Å². The first-order chi connectivity index (χ1) is 8.97. The Labute approximate surface area is 118 Å². The van der Waals surface area contributed by atoms with Gasteiger partial charge in [-0.2, -0.15) is 0 Å². The number of likely N-dealkylation sites (tertiary alicyclic amines) is 1. The molecule has 19 heavy (non-hydrogen) atoms. The maximum absolute atomic E-state index is 12.2. The Bertz CT molecular complexity index is 401. The van der Waals surface area contributed by atoms with E-state index in [2.05, 4.69) is 5.32 Å². The fourth-order valence-electron chi connectivity index (χ4n) is 2.50. The number of hydrogen-bond donors (Lipinski definition) is 2. The highest BCUT2D eigenvalue weighted by Crippen LogP contribution is 2.46. The number of amides is 2. The lowest BCUT2D eigenvalue weighted by molar-refractivity contribution is -0.137. The third-order valence-corrected chi connectivity index (χ3v) is 4.43. The first-order valence-electron chi connectivity index (χ1n) is 6.87. The molecule has 0 bridgehead atoms. The van der Waals surface area contributed by atoms with Gasteiger partial charge in [0.2, 0.25) is 11.8 Å². The molecule has 2 amide bonds. The van der Waals surface area contributed by atoms with Crippen molar-refractivity contribution in [1.82, 2.24) is 10.2 Å². The molecule has 2 aliphatic rings. The average Bonchev–Trinajstić information content (AvgIpc) is 3.20. The van der Waals surface area contributed by atoms with Crippen LogP contribution >= 0.6 is 12.2 Å². The minimum atomic E-state index is -0.689. The van der Waals surface area contributed by atoms with Gasteiger partial charge in [0.1, 0.15) is 6.04 Å². The molecule has 3 N–H and O–H groups in total. The number of nitrogens with two attached hydrogens (primary N) is 1. The number of carbonyl (C=O) groups excluding carboxylic acids is 2. The lowest BCUT2D eigenvalue weighted by Gasteiger charge is -2.30. The van der Waals surface area contributed by atoms with Crippen molar-refractivity contribution in [3.05, 3.63) is 0 Å². The van der Waals surface area contributed by atoms with E-state index in [-0.39, 0.29) is 16.8 Å². The molecule has 1 aliphatic carbocycles. The summed E-state index contributed by atoms with van der Waals surface area (Å²) in [5, 5.41) is 2.76. The second-order valence-electron chi connectivity index (χ2n) is 5.53. The normalized spacial score (nSPS) is 22.5. The molecule has 0 aromatic carbocycles. The van der Waals surface area contributed by atoms with Gasteiger partial charge < -0.3 is 16.0 Å². The standard InChI is InChI=1S/C13H21N3O2S/c1-9(10(17)16-7-3-2-4-8-16)15-12(18)13(5-6-13)11(14)19/h9H,2-8H2,1H3,(H2,14,19)(H,15,18). The minimum absolute atomic E-state index is 0.00760. The fraction of sp³-hybridized carbons (Fsp3) is 0.769. The third-order valence-electron chi connectivity index (χ3n) is 4.04. The predicted octanol–water partition coefficient (Wildman–Crippen LogP) is 0.570. The molecular formula is C13H21N3O2S. The molecule has 106 valence electrons. The number of rotatable bonds is 4. The molecule has 0 aromatic heterocycles. The SMILES string of the molecule is CC(NC(=O)C1(C(N)=S)CC1)C(=O)N1CCCCC1. The van der Waals surface area contributed by atoms with Crippen LogP contribution in [0.25, 0.3) is 0 Å². The van der Waals surface area contributed by atoms with Crippen molar-refractivity contribution in [2.45, 2.75) is 45.1 Å². The summed E-state index contributed by atoms with van der Waals surface area (Å²) < 4.78 is 0. The number of hydrogen-bond acceptors (Lipinski definition) is 3. The molecule has 1 aliphatic heterocycles. The molecule has 1 saturated carbocycles. The maximum atomic E-state index is 12.2. The van der Waals surface area contributed by atoms with Crippen molar-refractivity contribution >= 4 is 29.0 Å². The summed E-state index contributed by atoms with van der Waals surface area (Å²) in [6, 6.07) is -0.502. The van der Waals surface area contributed by atoms with Crippen LogP contribution in [0.15, 0.2) is 0 Å². The lowest BCUT2D eigenvalue weighted by atomic mass is 10.1. The van der Waals surface area contributed by atoms with Crippen molar-refractivity contribution in [1.29, 1.82) is 0 Å². The molecule has 1 atom stereocenters. The van der Waals surface area contributed by atoms with Gasteiger partial charge in [0.15, 0.2) is 0 Å². The number of piperidine rings is 1. The van der Waals surface area contributed by atoms with E-state index < -0.39 is 11.5 Å². The van der Waals surface area contributed by atoms with Gasteiger partial charge in [0, 0.05) is 13.1 Å². The number of carbonyl (C=O) groups is 2. The third kappa shape index (κ3) is 2.88. The fourth-order valence-corrected chi connectivity index (χ4v) is 2.79. The summed E-state index contributed by atoms with van der Waals surface area (Å²) in [6.07, 6.45) is 4.65. The quantitative estimate of drug-likeness (QED) is 0.740. The molecule has 0 radical (unpaired) electrons. The Kier molecular flexibility index (Phi) is 4.08. The van der Waals surface area contributed by atoms with Crippen LogP contribution in [0.3, 0.4) is 0 Å². The second-order valence-corrected chi connectivity index (χ2v) is 5.97. The van der Waals surface area contributed by atoms with Gasteiger partial charge in [-0.25, -0.2) is 0 Å². The minimum Gasteiger partial charge on any atom is -0.392 e. The van der Waals surface area contributed by atoms with Crippen molar-refractivity contribution in [2.24, 2.45) is 11.1 Å². The first kappa shape index (κ1) is 14.2. The molecule has 1 unspecified atom stereocenters. The lowest BCUT2D eigenvalue weighted by Crippen LogP contribution is -2.51. The summed E-state index contributed by atoms with van der Waals surface area (Å²) in [4.78, 5) is 26.4. The smallest absolute Gasteiger partial charge is 0.244 e. The molecular weight excluding hydrogens is 262 g/mol. The van der Waals surface area contributed by atoms with E-state index in [1.54, 1.807) is 6.92 Å². The highest BCUT2D eigenvalue weighted by atomic mass is 32.1. The number of nitrogens with one attached hydrogen (secondary N) is 1. The Balaban J connectivity index is 1.90. The number of nitrogens with zero attached hydrogens (tertiary/aromatic N) is 1. The second kappa shape index (κ2) is 5.45. The van der Waals surface area contributed by atoms with E-state index in [1.807, 2.05) is 4.90 Å². The zero-order valence-electron chi connectivity index (χ0n) is 11.3. The zero-order chi connectivity index (χ0) is 14.0. The Morgan fingerprint density at radius 1 is 1.26 bits per heavy atom. The van der Waals surface area contributed by atoms with Crippen molar-refractivity contribution in [3.63, 3.8) is 0 Å². The highest BCUT2D eigenvalue weighted by Gasteiger charge is 2.53. The van der Waals surface area contributed by atoms with E-state index >= 15 is 0 Å². The van der Waals surface area contributed by atoms with E-state index in [9.17, 15) is 9.59 Å². The van der Waals surface area contributed by atoms with Crippen LogP contribution in [0.1, 0.15) is 39.0 Å². The highest BCUT2D eigenvalue weighted by molar-refractivity contribution is 7.80. The molecule has 2 rings (SSSR count). The van der Waals surface area contributed by atoms with Crippen LogP contribution in [0.4, 0.5) is 0 Å². The van der Waals surface area contributed by atoms with Gasteiger partial charge in [0.25, 0.3) is 0 Å². The van der Waals surface area contributed by atoms with Crippen LogP contribution in [-0.2, 0) is 9.59 Å². The van der Waals surface area contributed by atoms with Crippen molar-refractivity contribution in [3.8, 4) is 0 Å². The van der Waals surface area contributed by atoms with Gasteiger partial charge in [-0.15, -0.1) is 0 Å². The van der Waals surface area contributed by atoms with Crippen LogP contribution in [-0.4, -0.2) is 40.8 Å². The van der Waals surface area contributed by atoms with Gasteiger partial charge in [-0.3, -0.25) is 9.59 Å². The van der Waals surface area contributed by atoms with Crippen LogP contribution in [0.5, 0.6) is 0 Å². The van der Waals surface area contributed by atoms with Crippen molar-refractivity contribution < 1.29 is 9.59 Å². The summed E-state index contributed by atoms with van der Waals surface area (Å²) in [7, 11) is 0. The predicted molar refractivity (Wildman–Crippen MR) is 76.5 cm³/mol. The molecule has 6 heteroatoms.